The van der Waals surface area contributed by atoms with Crippen molar-refractivity contribution >= 4 is 29.7 Å². The molecule has 1 saturated carbocycles. The summed E-state index contributed by atoms with van der Waals surface area (Å²) in [4.78, 5) is 70.1. The van der Waals surface area contributed by atoms with Crippen molar-refractivity contribution in [2.75, 3.05) is 0 Å². The Labute approximate surface area is 285 Å². The summed E-state index contributed by atoms with van der Waals surface area (Å²) in [5.74, 6) is -6.47. The van der Waals surface area contributed by atoms with E-state index in [1.165, 1.54) is 57.4 Å². The van der Waals surface area contributed by atoms with Crippen LogP contribution in [0, 0.1) is 17.3 Å². The number of ether oxygens (including phenoxy) is 4. The molecule has 4 rings (SSSR count). The van der Waals surface area contributed by atoms with Gasteiger partial charge in [-0.15, -0.1) is 0 Å². The first-order chi connectivity index (χ1) is 22.9. The number of fused-ring (bicyclic) bond motifs is 1. The van der Waals surface area contributed by atoms with E-state index in [1.54, 1.807) is 44.2 Å². The molecule has 12 heteroatoms. The quantitative estimate of drug-likeness (QED) is 0.256. The molecule has 2 aromatic rings. The first-order valence-corrected chi connectivity index (χ1v) is 15.9. The summed E-state index contributed by atoms with van der Waals surface area (Å²) in [6.07, 6.45) is -0.464. The second-order valence-electron chi connectivity index (χ2n) is 13.6. The lowest BCUT2D eigenvalue weighted by Gasteiger charge is -2.41. The number of allylic oxidation sites excluding steroid dienone is 1. The van der Waals surface area contributed by atoms with Crippen molar-refractivity contribution in [3.8, 4) is 0 Å². The summed E-state index contributed by atoms with van der Waals surface area (Å²) in [5.41, 5.74) is -5.17. The number of aromatic nitrogens is 1. The average Bonchev–Trinajstić information content (AvgIpc) is 3.24. The molecular weight excluding hydrogens is 634 g/mol. The number of hydrogen-bond acceptors (Lipinski definition) is 12. The van der Waals surface area contributed by atoms with Crippen LogP contribution in [0.1, 0.15) is 75.1 Å². The largest absolute Gasteiger partial charge is 0.458 e. The van der Waals surface area contributed by atoms with Gasteiger partial charge in [0, 0.05) is 50.4 Å². The molecular formula is C37H43NO11. The molecule has 49 heavy (non-hydrogen) atoms. The van der Waals surface area contributed by atoms with Gasteiger partial charge in [0.15, 0.2) is 5.78 Å². The highest BCUT2D eigenvalue weighted by Gasteiger charge is 2.67. The van der Waals surface area contributed by atoms with Gasteiger partial charge >= 0.3 is 23.9 Å². The molecule has 1 heterocycles. The Hall–Kier alpha value is -4.68. The van der Waals surface area contributed by atoms with Crippen LogP contribution in [0.2, 0.25) is 0 Å². The van der Waals surface area contributed by atoms with Crippen LogP contribution in [-0.2, 0) is 33.3 Å². The van der Waals surface area contributed by atoms with E-state index >= 15 is 0 Å². The molecule has 1 aromatic carbocycles. The number of carbonyl (C=O) groups is 5. The number of aliphatic hydroxyl groups is 2. The third-order valence-electron chi connectivity index (χ3n) is 9.02. The fourth-order valence-electron chi connectivity index (χ4n) is 6.75. The molecule has 8 atom stereocenters. The maximum Gasteiger partial charge on any atom is 0.340 e. The SMILES string of the molecule is C=C1C[C@@H](OC(C)=O)[C@@H](OC(=O)c2cccnc2)C(C)(C)/C=C/[C@H](C)C(=O)[C@@]2(O)C[C@](C)(O)[C@H](OC(=O)c3ccccc3)[C@@H]2[C@H]1OC(C)=O. The Morgan fingerprint density at radius 2 is 1.45 bits per heavy atom. The number of nitrogens with zero attached hydrogens (tertiary/aromatic N) is 1. The molecule has 1 aromatic heterocycles. The fourth-order valence-corrected chi connectivity index (χ4v) is 6.75. The number of rotatable bonds is 6. The molecule has 262 valence electrons. The number of carbonyl (C=O) groups excluding carboxylic acids is 5. The lowest BCUT2D eigenvalue weighted by molar-refractivity contribution is -0.167. The van der Waals surface area contributed by atoms with Gasteiger partial charge in [0.05, 0.1) is 17.0 Å². The smallest absolute Gasteiger partial charge is 0.340 e. The number of Topliss-reactive ketones (excluding diaryl/α,β-unsaturated/α-hetero) is 1. The van der Waals surface area contributed by atoms with Crippen LogP contribution in [0.3, 0.4) is 0 Å². The lowest BCUT2D eigenvalue weighted by atomic mass is 9.73. The highest BCUT2D eigenvalue weighted by Crippen LogP contribution is 2.50. The standard InChI is InChI=1S/C37H43NO11/c1-21-15-16-35(5,6)31(48-34(43)26-14-11-17-38-19-26)27(46-23(3)39)18-22(2)29(47-24(4)40)28-32(36(7,44)20-37(28,45)30(21)41)49-33(42)25-12-9-8-10-13-25/h8-17,19,21,27-29,31-32,44-45H,2,18,20H2,1,3-7H3/b16-15+/t21-,27+,28-,29-,31+,32+,36-,37+/m0/s1. The maximum atomic E-state index is 14.3. The van der Waals surface area contributed by atoms with Gasteiger partial charge in [-0.25, -0.2) is 9.59 Å². The van der Waals surface area contributed by atoms with Gasteiger partial charge in [0.2, 0.25) is 0 Å². The van der Waals surface area contributed by atoms with Gasteiger partial charge in [-0.3, -0.25) is 19.4 Å². The van der Waals surface area contributed by atoms with Crippen molar-refractivity contribution in [1.29, 1.82) is 0 Å². The molecule has 0 radical (unpaired) electrons. The number of pyridine rings is 1. The fraction of sp³-hybridized carbons (Fsp3) is 0.459. The summed E-state index contributed by atoms with van der Waals surface area (Å²) < 4.78 is 23.3. The molecule has 12 nitrogen and oxygen atoms in total. The summed E-state index contributed by atoms with van der Waals surface area (Å²) in [6, 6.07) is 11.0. The molecule has 0 unspecified atom stereocenters. The molecule has 0 aliphatic heterocycles. The predicted octanol–water partition coefficient (Wildman–Crippen LogP) is 3.95. The molecule has 2 aliphatic rings. The second kappa shape index (κ2) is 14.4. The third-order valence-corrected chi connectivity index (χ3v) is 9.02. The van der Waals surface area contributed by atoms with Crippen molar-refractivity contribution in [3.63, 3.8) is 0 Å². The summed E-state index contributed by atoms with van der Waals surface area (Å²) in [7, 11) is 0. The Balaban J connectivity index is 1.89. The van der Waals surface area contributed by atoms with Crippen LogP contribution in [-0.4, -0.2) is 80.5 Å². The first-order valence-electron chi connectivity index (χ1n) is 15.9. The van der Waals surface area contributed by atoms with Gasteiger partial charge < -0.3 is 29.2 Å². The van der Waals surface area contributed by atoms with Gasteiger partial charge in [0.1, 0.15) is 35.6 Å². The lowest BCUT2D eigenvalue weighted by Crippen LogP contribution is -2.55. The number of esters is 4. The van der Waals surface area contributed by atoms with E-state index in [0.717, 1.165) is 6.92 Å². The van der Waals surface area contributed by atoms with E-state index in [0.29, 0.717) is 0 Å². The van der Waals surface area contributed by atoms with Crippen molar-refractivity contribution < 1.29 is 53.1 Å². The summed E-state index contributed by atoms with van der Waals surface area (Å²) >= 11 is 0. The van der Waals surface area contributed by atoms with Crippen LogP contribution in [0.4, 0.5) is 0 Å². The zero-order valence-electron chi connectivity index (χ0n) is 28.5. The third kappa shape index (κ3) is 8.14. The molecule has 2 N–H and O–H groups in total. The van der Waals surface area contributed by atoms with E-state index in [9.17, 15) is 34.2 Å². The van der Waals surface area contributed by atoms with E-state index in [2.05, 4.69) is 11.6 Å². The molecule has 2 aliphatic carbocycles. The van der Waals surface area contributed by atoms with Crippen molar-refractivity contribution in [2.24, 2.45) is 17.3 Å². The van der Waals surface area contributed by atoms with Crippen LogP contribution in [0.15, 0.2) is 79.2 Å². The highest BCUT2D eigenvalue weighted by molar-refractivity contribution is 5.93. The minimum absolute atomic E-state index is 0.0339. The normalized spacial score (nSPS) is 32.0. The minimum atomic E-state index is -2.40. The van der Waals surface area contributed by atoms with Crippen LogP contribution >= 0.6 is 0 Å². The van der Waals surface area contributed by atoms with Crippen molar-refractivity contribution in [2.45, 2.75) is 90.0 Å². The first kappa shape index (κ1) is 37.1. The minimum Gasteiger partial charge on any atom is -0.458 e. The zero-order valence-corrected chi connectivity index (χ0v) is 28.5. The zero-order chi connectivity index (χ0) is 36.3. The Bertz CT molecular complexity index is 1620. The highest BCUT2D eigenvalue weighted by atomic mass is 16.6. The molecule has 0 bridgehead atoms. The number of hydrogen-bond donors (Lipinski definition) is 2. The number of ketones is 1. The van der Waals surface area contributed by atoms with Crippen LogP contribution < -0.4 is 0 Å². The molecule has 0 saturated heterocycles. The topological polar surface area (TPSA) is 176 Å². The summed E-state index contributed by atoms with van der Waals surface area (Å²) in [6.45, 7) is 12.7. The molecule has 0 amide bonds. The Kier molecular flexibility index (Phi) is 10.9. The maximum absolute atomic E-state index is 14.3. The van der Waals surface area contributed by atoms with Gasteiger partial charge in [-0.2, -0.15) is 0 Å². The van der Waals surface area contributed by atoms with E-state index in [4.69, 9.17) is 18.9 Å². The van der Waals surface area contributed by atoms with E-state index < -0.39 is 89.0 Å². The molecule has 0 spiro atoms. The Morgan fingerprint density at radius 1 is 0.857 bits per heavy atom. The van der Waals surface area contributed by atoms with Crippen LogP contribution in [0.5, 0.6) is 0 Å². The van der Waals surface area contributed by atoms with E-state index in [1.807, 2.05) is 0 Å². The van der Waals surface area contributed by atoms with Gasteiger partial charge in [-0.05, 0) is 36.8 Å². The monoisotopic (exact) mass is 677 g/mol. The number of benzene rings is 1. The van der Waals surface area contributed by atoms with Gasteiger partial charge in [0.25, 0.3) is 0 Å². The van der Waals surface area contributed by atoms with Gasteiger partial charge in [-0.1, -0.05) is 57.7 Å². The summed E-state index contributed by atoms with van der Waals surface area (Å²) in [5, 5.41) is 24.1. The van der Waals surface area contributed by atoms with E-state index in [-0.39, 0.29) is 23.1 Å². The van der Waals surface area contributed by atoms with Crippen molar-refractivity contribution in [3.05, 3.63) is 90.3 Å². The average molecular weight is 678 g/mol. The van der Waals surface area contributed by atoms with Crippen LogP contribution in [0.25, 0.3) is 0 Å². The second-order valence-corrected chi connectivity index (χ2v) is 13.6. The van der Waals surface area contributed by atoms with Crippen molar-refractivity contribution in [1.82, 2.24) is 4.98 Å². The molecule has 1 fully saturated rings. The Morgan fingerprint density at radius 3 is 2.04 bits per heavy atom. The predicted molar refractivity (Wildman–Crippen MR) is 175 cm³/mol.